The summed E-state index contributed by atoms with van der Waals surface area (Å²) < 4.78 is 0. The van der Waals surface area contributed by atoms with Crippen LogP contribution in [0.3, 0.4) is 0 Å². The molecule has 0 bridgehead atoms. The predicted octanol–water partition coefficient (Wildman–Crippen LogP) is 3.59. The summed E-state index contributed by atoms with van der Waals surface area (Å²) in [5, 5.41) is 1.32. The van der Waals surface area contributed by atoms with Crippen LogP contribution in [-0.2, 0) is 5.54 Å². The smallest absolute Gasteiger partial charge is 0.0564 e. The van der Waals surface area contributed by atoms with Crippen molar-refractivity contribution in [1.82, 2.24) is 4.98 Å². The number of H-pyrrole nitrogens is 1. The first-order valence-corrected chi connectivity index (χ1v) is 6.57. The maximum Gasteiger partial charge on any atom is 0.0564 e. The van der Waals surface area contributed by atoms with Crippen molar-refractivity contribution >= 4 is 10.9 Å². The highest BCUT2D eigenvalue weighted by atomic mass is 14.9. The average molecular weight is 228 g/mol. The molecular formula is C15H20N2. The van der Waals surface area contributed by atoms with E-state index in [0.717, 1.165) is 12.8 Å². The lowest BCUT2D eigenvalue weighted by Crippen LogP contribution is -2.39. The van der Waals surface area contributed by atoms with Gasteiger partial charge in [-0.1, -0.05) is 37.5 Å². The van der Waals surface area contributed by atoms with Gasteiger partial charge in [-0.3, -0.25) is 0 Å². The first kappa shape index (κ1) is 10.8. The van der Waals surface area contributed by atoms with Crippen LogP contribution >= 0.6 is 0 Å². The van der Waals surface area contributed by atoms with Crippen LogP contribution in [0.4, 0.5) is 0 Å². The van der Waals surface area contributed by atoms with Gasteiger partial charge >= 0.3 is 0 Å². The van der Waals surface area contributed by atoms with Gasteiger partial charge in [0.15, 0.2) is 0 Å². The van der Waals surface area contributed by atoms with Gasteiger partial charge in [0, 0.05) is 16.6 Å². The molecule has 3 N–H and O–H groups in total. The van der Waals surface area contributed by atoms with Gasteiger partial charge in [0.05, 0.1) is 5.54 Å². The van der Waals surface area contributed by atoms with Gasteiger partial charge in [0.1, 0.15) is 0 Å². The van der Waals surface area contributed by atoms with Crippen LogP contribution in [0.1, 0.15) is 43.4 Å². The average Bonchev–Trinajstić information content (AvgIpc) is 2.69. The fourth-order valence-corrected chi connectivity index (χ4v) is 3.21. The van der Waals surface area contributed by atoms with Crippen molar-refractivity contribution in [3.05, 3.63) is 35.5 Å². The fourth-order valence-electron chi connectivity index (χ4n) is 3.21. The van der Waals surface area contributed by atoms with Crippen LogP contribution in [0, 0.1) is 6.92 Å². The minimum Gasteiger partial charge on any atom is -0.357 e. The third kappa shape index (κ3) is 1.67. The minimum absolute atomic E-state index is 0.124. The van der Waals surface area contributed by atoms with E-state index in [1.165, 1.54) is 41.4 Å². The van der Waals surface area contributed by atoms with Crippen LogP contribution in [0.25, 0.3) is 10.9 Å². The number of hydrogen-bond acceptors (Lipinski definition) is 1. The highest BCUT2D eigenvalue weighted by Crippen LogP contribution is 2.37. The number of para-hydroxylation sites is 1. The normalized spacial score (nSPS) is 19.6. The summed E-state index contributed by atoms with van der Waals surface area (Å²) in [5.74, 6) is 0. The number of rotatable bonds is 1. The van der Waals surface area contributed by atoms with E-state index in [9.17, 15) is 0 Å². The van der Waals surface area contributed by atoms with Gasteiger partial charge < -0.3 is 10.7 Å². The number of fused-ring (bicyclic) bond motifs is 1. The molecule has 0 atom stereocenters. The molecule has 2 aromatic rings. The highest BCUT2D eigenvalue weighted by Gasteiger charge is 2.32. The van der Waals surface area contributed by atoms with Crippen molar-refractivity contribution in [3.8, 4) is 0 Å². The van der Waals surface area contributed by atoms with Crippen molar-refractivity contribution in [2.45, 2.75) is 44.6 Å². The molecule has 3 rings (SSSR count). The largest absolute Gasteiger partial charge is 0.357 e. The fraction of sp³-hybridized carbons (Fsp3) is 0.467. The Labute approximate surface area is 102 Å². The van der Waals surface area contributed by atoms with Gasteiger partial charge in [-0.2, -0.15) is 0 Å². The van der Waals surface area contributed by atoms with Gasteiger partial charge in [-0.05, 0) is 31.4 Å². The Morgan fingerprint density at radius 3 is 2.53 bits per heavy atom. The van der Waals surface area contributed by atoms with E-state index >= 15 is 0 Å². The van der Waals surface area contributed by atoms with Gasteiger partial charge in [0.2, 0.25) is 0 Å². The lowest BCUT2D eigenvalue weighted by molar-refractivity contribution is 0.295. The second kappa shape index (κ2) is 3.88. The van der Waals surface area contributed by atoms with E-state index in [1.54, 1.807) is 0 Å². The molecule has 0 radical (unpaired) electrons. The molecule has 2 nitrogen and oxygen atoms in total. The summed E-state index contributed by atoms with van der Waals surface area (Å²) >= 11 is 0. The molecule has 0 unspecified atom stereocenters. The third-order valence-electron chi connectivity index (χ3n) is 4.21. The maximum absolute atomic E-state index is 6.61. The monoisotopic (exact) mass is 228 g/mol. The molecule has 1 fully saturated rings. The maximum atomic E-state index is 6.61. The lowest BCUT2D eigenvalue weighted by atomic mass is 9.79. The number of aromatic nitrogens is 1. The topological polar surface area (TPSA) is 41.8 Å². The molecule has 1 aromatic heterocycles. The van der Waals surface area contributed by atoms with Crippen molar-refractivity contribution < 1.29 is 0 Å². The Hall–Kier alpha value is -1.28. The van der Waals surface area contributed by atoms with E-state index in [0.29, 0.717) is 0 Å². The van der Waals surface area contributed by atoms with Crippen LogP contribution < -0.4 is 5.73 Å². The van der Waals surface area contributed by atoms with Crippen molar-refractivity contribution in [2.24, 2.45) is 5.73 Å². The van der Waals surface area contributed by atoms with Crippen LogP contribution in [-0.4, -0.2) is 4.98 Å². The molecule has 1 saturated carbocycles. The quantitative estimate of drug-likeness (QED) is 0.769. The van der Waals surface area contributed by atoms with Crippen LogP contribution in [0.15, 0.2) is 24.3 Å². The first-order valence-electron chi connectivity index (χ1n) is 6.57. The molecule has 1 aromatic carbocycles. The molecule has 2 heteroatoms. The Morgan fingerprint density at radius 1 is 1.12 bits per heavy atom. The Balaban J connectivity index is 2.13. The molecule has 0 aliphatic heterocycles. The first-order chi connectivity index (χ1) is 8.21. The van der Waals surface area contributed by atoms with Crippen LogP contribution in [0.2, 0.25) is 0 Å². The number of benzene rings is 1. The van der Waals surface area contributed by atoms with Gasteiger partial charge in [0.25, 0.3) is 0 Å². The molecule has 0 spiro atoms. The zero-order chi connectivity index (χ0) is 11.9. The number of hydrogen-bond donors (Lipinski definition) is 2. The summed E-state index contributed by atoms with van der Waals surface area (Å²) in [7, 11) is 0. The predicted molar refractivity (Wildman–Crippen MR) is 72.0 cm³/mol. The lowest BCUT2D eigenvalue weighted by Gasteiger charge is -2.33. The summed E-state index contributed by atoms with van der Waals surface area (Å²) in [6.45, 7) is 2.19. The second-order valence-electron chi connectivity index (χ2n) is 5.39. The minimum atomic E-state index is -0.124. The van der Waals surface area contributed by atoms with Gasteiger partial charge in [-0.25, -0.2) is 0 Å². The van der Waals surface area contributed by atoms with Gasteiger partial charge in [-0.15, -0.1) is 0 Å². The van der Waals surface area contributed by atoms with E-state index in [1.807, 2.05) is 0 Å². The SMILES string of the molecule is Cc1c(C2(N)CCCCC2)[nH]c2ccccc12. The summed E-state index contributed by atoms with van der Waals surface area (Å²) in [5.41, 5.74) is 10.3. The van der Waals surface area contributed by atoms with E-state index in [4.69, 9.17) is 5.73 Å². The van der Waals surface area contributed by atoms with Crippen LogP contribution in [0.5, 0.6) is 0 Å². The van der Waals surface area contributed by atoms with E-state index < -0.39 is 0 Å². The van der Waals surface area contributed by atoms with E-state index in [2.05, 4.69) is 36.2 Å². The zero-order valence-electron chi connectivity index (χ0n) is 10.4. The summed E-state index contributed by atoms with van der Waals surface area (Å²) in [6.07, 6.45) is 6.07. The number of aromatic amines is 1. The third-order valence-corrected chi connectivity index (χ3v) is 4.21. The Kier molecular flexibility index (Phi) is 2.48. The van der Waals surface area contributed by atoms with Crippen molar-refractivity contribution in [1.29, 1.82) is 0 Å². The summed E-state index contributed by atoms with van der Waals surface area (Å²) in [4.78, 5) is 3.55. The molecule has 0 saturated heterocycles. The van der Waals surface area contributed by atoms with Crippen molar-refractivity contribution in [2.75, 3.05) is 0 Å². The molecule has 1 aliphatic carbocycles. The molecule has 1 aliphatic rings. The number of nitrogens with one attached hydrogen (secondary N) is 1. The second-order valence-corrected chi connectivity index (χ2v) is 5.39. The summed E-state index contributed by atoms with van der Waals surface area (Å²) in [6, 6.07) is 8.48. The number of nitrogens with two attached hydrogens (primary N) is 1. The van der Waals surface area contributed by atoms with E-state index in [-0.39, 0.29) is 5.54 Å². The van der Waals surface area contributed by atoms with Crippen molar-refractivity contribution in [3.63, 3.8) is 0 Å². The highest BCUT2D eigenvalue weighted by molar-refractivity contribution is 5.84. The Bertz CT molecular complexity index is 533. The molecule has 1 heterocycles. The standard InChI is InChI=1S/C15H20N2/c1-11-12-7-3-4-8-13(12)17-14(11)15(16)9-5-2-6-10-15/h3-4,7-8,17H,2,5-6,9-10,16H2,1H3. The molecule has 0 amide bonds. The molecule has 17 heavy (non-hydrogen) atoms. The number of aryl methyl sites for hydroxylation is 1. The Morgan fingerprint density at radius 2 is 1.82 bits per heavy atom. The molecular weight excluding hydrogens is 208 g/mol. The zero-order valence-corrected chi connectivity index (χ0v) is 10.4. The molecule has 90 valence electrons.